The molecular formula is C13H21N3O3. The van der Waals surface area contributed by atoms with E-state index in [1.165, 1.54) is 6.07 Å². The molecule has 1 aliphatic rings. The maximum Gasteiger partial charge on any atom is 0.433 e. The first-order valence-corrected chi connectivity index (χ1v) is 6.77. The van der Waals surface area contributed by atoms with E-state index in [9.17, 15) is 10.1 Å². The van der Waals surface area contributed by atoms with Gasteiger partial charge in [0, 0.05) is 12.1 Å². The van der Waals surface area contributed by atoms with Gasteiger partial charge < -0.3 is 14.6 Å². The SMILES string of the molecule is CC(C)N1CCC(NCc2ccc([N+](=O)[O-])o2)CC1. The first kappa shape index (κ1) is 14.0. The summed E-state index contributed by atoms with van der Waals surface area (Å²) in [6, 6.07) is 4.14. The van der Waals surface area contributed by atoms with Crippen LogP contribution in [-0.4, -0.2) is 35.0 Å². The van der Waals surface area contributed by atoms with E-state index in [0.29, 0.717) is 24.4 Å². The van der Waals surface area contributed by atoms with Crippen molar-refractivity contribution in [1.29, 1.82) is 0 Å². The zero-order chi connectivity index (χ0) is 13.8. The lowest BCUT2D eigenvalue weighted by molar-refractivity contribution is -0.402. The van der Waals surface area contributed by atoms with Crippen LogP contribution in [-0.2, 0) is 6.54 Å². The topological polar surface area (TPSA) is 71.5 Å². The highest BCUT2D eigenvalue weighted by Crippen LogP contribution is 2.17. The second-order valence-corrected chi connectivity index (χ2v) is 5.28. The van der Waals surface area contributed by atoms with Crippen molar-refractivity contribution in [3.63, 3.8) is 0 Å². The second kappa shape index (κ2) is 6.16. The minimum absolute atomic E-state index is 0.188. The van der Waals surface area contributed by atoms with E-state index in [2.05, 4.69) is 24.1 Å². The summed E-state index contributed by atoms with van der Waals surface area (Å²) in [5.41, 5.74) is 0. The molecule has 1 fully saturated rings. The van der Waals surface area contributed by atoms with Crippen molar-refractivity contribution in [3.8, 4) is 0 Å². The highest BCUT2D eigenvalue weighted by Gasteiger charge is 2.21. The fraction of sp³-hybridized carbons (Fsp3) is 0.692. The summed E-state index contributed by atoms with van der Waals surface area (Å²) < 4.78 is 5.12. The van der Waals surface area contributed by atoms with Crippen molar-refractivity contribution in [2.45, 2.75) is 45.3 Å². The zero-order valence-corrected chi connectivity index (χ0v) is 11.5. The van der Waals surface area contributed by atoms with E-state index in [1.807, 2.05) is 0 Å². The molecule has 0 unspecified atom stereocenters. The molecule has 0 spiro atoms. The molecule has 6 heteroatoms. The minimum atomic E-state index is -0.509. The van der Waals surface area contributed by atoms with Crippen LogP contribution < -0.4 is 5.32 Å². The normalized spacial score (nSPS) is 18.1. The molecular weight excluding hydrogens is 246 g/mol. The van der Waals surface area contributed by atoms with Crippen molar-refractivity contribution in [2.75, 3.05) is 13.1 Å². The smallest absolute Gasteiger partial charge is 0.404 e. The lowest BCUT2D eigenvalue weighted by Gasteiger charge is -2.34. The first-order valence-electron chi connectivity index (χ1n) is 6.77. The van der Waals surface area contributed by atoms with Gasteiger partial charge in [0.05, 0.1) is 12.6 Å². The second-order valence-electron chi connectivity index (χ2n) is 5.28. The molecule has 0 saturated carbocycles. The Kier molecular flexibility index (Phi) is 4.55. The quantitative estimate of drug-likeness (QED) is 0.653. The number of hydrogen-bond donors (Lipinski definition) is 1. The molecule has 19 heavy (non-hydrogen) atoms. The van der Waals surface area contributed by atoms with Crippen LogP contribution in [0.3, 0.4) is 0 Å². The van der Waals surface area contributed by atoms with Crippen molar-refractivity contribution >= 4 is 5.88 Å². The fourth-order valence-corrected chi connectivity index (χ4v) is 2.42. The molecule has 0 atom stereocenters. The Hall–Kier alpha value is -1.40. The first-order chi connectivity index (χ1) is 9.06. The Bertz CT molecular complexity index is 423. The van der Waals surface area contributed by atoms with Crippen LogP contribution in [0.5, 0.6) is 0 Å². The van der Waals surface area contributed by atoms with Gasteiger partial charge in [0.1, 0.15) is 10.7 Å². The van der Waals surface area contributed by atoms with Crippen molar-refractivity contribution in [2.24, 2.45) is 0 Å². The molecule has 2 rings (SSSR count). The van der Waals surface area contributed by atoms with Crippen LogP contribution in [0.2, 0.25) is 0 Å². The highest BCUT2D eigenvalue weighted by atomic mass is 16.6. The van der Waals surface area contributed by atoms with E-state index in [4.69, 9.17) is 4.42 Å². The molecule has 1 aromatic heterocycles. The third-order valence-electron chi connectivity index (χ3n) is 3.65. The Morgan fingerprint density at radius 1 is 1.47 bits per heavy atom. The van der Waals surface area contributed by atoms with Crippen LogP contribution in [0.1, 0.15) is 32.4 Å². The molecule has 1 aliphatic heterocycles. The molecule has 2 heterocycles. The third kappa shape index (κ3) is 3.78. The van der Waals surface area contributed by atoms with E-state index in [-0.39, 0.29) is 5.88 Å². The van der Waals surface area contributed by atoms with Crippen LogP contribution in [0, 0.1) is 10.1 Å². The van der Waals surface area contributed by atoms with Gasteiger partial charge >= 0.3 is 5.88 Å². The Balaban J connectivity index is 1.75. The van der Waals surface area contributed by atoms with E-state index in [0.717, 1.165) is 25.9 Å². The van der Waals surface area contributed by atoms with Crippen LogP contribution >= 0.6 is 0 Å². The van der Waals surface area contributed by atoms with E-state index >= 15 is 0 Å². The molecule has 1 saturated heterocycles. The van der Waals surface area contributed by atoms with Gasteiger partial charge in [-0.05, 0) is 45.8 Å². The standard InChI is InChI=1S/C13H21N3O3/c1-10(2)15-7-5-11(6-8-15)14-9-12-3-4-13(19-12)16(17)18/h3-4,10-11,14H,5-9H2,1-2H3. The summed E-state index contributed by atoms with van der Waals surface area (Å²) in [4.78, 5) is 12.5. The molecule has 106 valence electrons. The summed E-state index contributed by atoms with van der Waals surface area (Å²) in [7, 11) is 0. The van der Waals surface area contributed by atoms with Gasteiger partial charge in [0.15, 0.2) is 0 Å². The van der Waals surface area contributed by atoms with Gasteiger partial charge in [-0.2, -0.15) is 0 Å². The number of rotatable bonds is 5. The average Bonchev–Trinajstić information content (AvgIpc) is 2.86. The molecule has 6 nitrogen and oxygen atoms in total. The highest BCUT2D eigenvalue weighted by molar-refractivity contribution is 5.17. The van der Waals surface area contributed by atoms with Gasteiger partial charge in [0.25, 0.3) is 0 Å². The predicted molar refractivity (Wildman–Crippen MR) is 71.9 cm³/mol. The van der Waals surface area contributed by atoms with Gasteiger partial charge in [-0.15, -0.1) is 0 Å². The monoisotopic (exact) mass is 267 g/mol. The third-order valence-corrected chi connectivity index (χ3v) is 3.65. The Labute approximate surface area is 112 Å². The molecule has 0 radical (unpaired) electrons. The lowest BCUT2D eigenvalue weighted by Crippen LogP contribution is -2.44. The number of hydrogen-bond acceptors (Lipinski definition) is 5. The molecule has 0 aliphatic carbocycles. The van der Waals surface area contributed by atoms with Crippen LogP contribution in [0.25, 0.3) is 0 Å². The van der Waals surface area contributed by atoms with Crippen molar-refractivity contribution < 1.29 is 9.34 Å². The van der Waals surface area contributed by atoms with E-state index < -0.39 is 4.92 Å². The largest absolute Gasteiger partial charge is 0.433 e. The van der Waals surface area contributed by atoms with E-state index in [1.54, 1.807) is 6.07 Å². The van der Waals surface area contributed by atoms with Crippen LogP contribution in [0.4, 0.5) is 5.88 Å². The zero-order valence-electron chi connectivity index (χ0n) is 11.5. The minimum Gasteiger partial charge on any atom is -0.404 e. The van der Waals surface area contributed by atoms with Crippen molar-refractivity contribution in [3.05, 3.63) is 28.0 Å². The number of furan rings is 1. The summed E-state index contributed by atoms with van der Waals surface area (Å²) in [5.74, 6) is 0.435. The van der Waals surface area contributed by atoms with Gasteiger partial charge in [-0.25, -0.2) is 0 Å². The molecule has 0 bridgehead atoms. The summed E-state index contributed by atoms with van der Waals surface area (Å²) >= 11 is 0. The molecule has 0 aromatic carbocycles. The lowest BCUT2D eigenvalue weighted by atomic mass is 10.0. The molecule has 1 aromatic rings. The van der Waals surface area contributed by atoms with Gasteiger partial charge in [-0.3, -0.25) is 10.1 Å². The number of nitrogens with zero attached hydrogens (tertiary/aromatic N) is 2. The molecule has 0 amide bonds. The van der Waals surface area contributed by atoms with Gasteiger partial charge in [-0.1, -0.05) is 0 Å². The molecule has 1 N–H and O–H groups in total. The average molecular weight is 267 g/mol. The summed E-state index contributed by atoms with van der Waals surface area (Å²) in [6.07, 6.45) is 2.22. The number of likely N-dealkylation sites (tertiary alicyclic amines) is 1. The maximum atomic E-state index is 10.5. The van der Waals surface area contributed by atoms with Crippen molar-refractivity contribution in [1.82, 2.24) is 10.2 Å². The number of nitrogens with one attached hydrogen (secondary N) is 1. The van der Waals surface area contributed by atoms with Gasteiger partial charge in [0.2, 0.25) is 0 Å². The predicted octanol–water partition coefficient (Wildman–Crippen LogP) is 2.15. The summed E-state index contributed by atoms with van der Waals surface area (Å²) in [6.45, 7) is 7.20. The summed E-state index contributed by atoms with van der Waals surface area (Å²) in [5, 5.41) is 13.9. The van der Waals surface area contributed by atoms with Crippen LogP contribution in [0.15, 0.2) is 16.5 Å². The maximum absolute atomic E-state index is 10.5. The Morgan fingerprint density at radius 3 is 2.68 bits per heavy atom. The number of piperidine rings is 1. The number of nitro groups is 1. The fourth-order valence-electron chi connectivity index (χ4n) is 2.42. The Morgan fingerprint density at radius 2 is 2.16 bits per heavy atom.